The Balaban J connectivity index is 2.00. The van der Waals surface area contributed by atoms with Gasteiger partial charge in [-0.25, -0.2) is 8.78 Å². The van der Waals surface area contributed by atoms with Gasteiger partial charge in [0.25, 0.3) is 5.69 Å². The Bertz CT molecular complexity index is 849. The highest BCUT2D eigenvalue weighted by Crippen LogP contribution is 2.18. The molecule has 128 valence electrons. The van der Waals surface area contributed by atoms with E-state index in [9.17, 15) is 23.7 Å². The van der Waals surface area contributed by atoms with Crippen LogP contribution in [-0.4, -0.2) is 10.8 Å². The minimum atomic E-state index is -1.25. The SMILES string of the molecule is N#CC(NC(=O)CCc1cccc([N+](=O)[O-])c1)c1ccc(F)cc1F. The largest absolute Gasteiger partial charge is 0.337 e. The van der Waals surface area contributed by atoms with Crippen molar-refractivity contribution in [3.63, 3.8) is 0 Å². The number of benzene rings is 2. The molecule has 6 nitrogen and oxygen atoms in total. The number of nitro groups is 1. The van der Waals surface area contributed by atoms with Gasteiger partial charge in [-0.2, -0.15) is 5.26 Å². The van der Waals surface area contributed by atoms with Gasteiger partial charge in [-0.1, -0.05) is 18.2 Å². The van der Waals surface area contributed by atoms with Crippen molar-refractivity contribution in [2.24, 2.45) is 0 Å². The van der Waals surface area contributed by atoms with Gasteiger partial charge in [-0.3, -0.25) is 14.9 Å². The first-order chi connectivity index (χ1) is 11.9. The Morgan fingerprint density at radius 3 is 2.68 bits per heavy atom. The number of amides is 1. The van der Waals surface area contributed by atoms with Gasteiger partial charge in [-0.15, -0.1) is 0 Å². The number of nitrogens with zero attached hydrogens (tertiary/aromatic N) is 2. The van der Waals surface area contributed by atoms with E-state index < -0.39 is 28.5 Å². The van der Waals surface area contributed by atoms with Crippen LogP contribution in [0.15, 0.2) is 42.5 Å². The van der Waals surface area contributed by atoms with E-state index in [0.717, 1.165) is 12.1 Å². The Morgan fingerprint density at radius 2 is 2.04 bits per heavy atom. The topological polar surface area (TPSA) is 96.0 Å². The Labute approximate surface area is 141 Å². The van der Waals surface area contributed by atoms with Gasteiger partial charge in [0.05, 0.1) is 11.0 Å². The molecule has 8 heteroatoms. The molecule has 0 radical (unpaired) electrons. The van der Waals surface area contributed by atoms with Gasteiger partial charge in [0.1, 0.15) is 17.7 Å². The standard InChI is InChI=1S/C17H13F2N3O3/c18-12-5-6-14(15(19)9-12)16(10-20)21-17(23)7-4-11-2-1-3-13(8-11)22(24)25/h1-3,5-6,8-9,16H,4,7H2,(H,21,23). The summed E-state index contributed by atoms with van der Waals surface area (Å²) in [5, 5.41) is 22.2. The lowest BCUT2D eigenvalue weighted by Crippen LogP contribution is -2.28. The van der Waals surface area contributed by atoms with Crippen LogP contribution in [0.2, 0.25) is 0 Å². The molecule has 0 aromatic heterocycles. The number of nitro benzene ring substituents is 1. The van der Waals surface area contributed by atoms with Gasteiger partial charge in [0.15, 0.2) is 0 Å². The third-order valence-corrected chi connectivity index (χ3v) is 3.47. The molecule has 0 saturated carbocycles. The van der Waals surface area contributed by atoms with Crippen LogP contribution in [0.4, 0.5) is 14.5 Å². The van der Waals surface area contributed by atoms with Crippen molar-refractivity contribution in [2.45, 2.75) is 18.9 Å². The van der Waals surface area contributed by atoms with Crippen LogP contribution in [0.25, 0.3) is 0 Å². The summed E-state index contributed by atoms with van der Waals surface area (Å²) in [4.78, 5) is 22.1. The van der Waals surface area contributed by atoms with Crippen molar-refractivity contribution < 1.29 is 18.5 Å². The summed E-state index contributed by atoms with van der Waals surface area (Å²) in [5.74, 6) is -2.23. The molecule has 0 aliphatic rings. The van der Waals surface area contributed by atoms with Crippen LogP contribution < -0.4 is 5.32 Å². The molecule has 0 saturated heterocycles. The first kappa shape index (κ1) is 18.0. The molecule has 0 fully saturated rings. The highest BCUT2D eigenvalue weighted by Gasteiger charge is 2.18. The molecule has 0 aliphatic heterocycles. The van der Waals surface area contributed by atoms with Crippen molar-refractivity contribution in [1.82, 2.24) is 5.32 Å². The van der Waals surface area contributed by atoms with Crippen LogP contribution in [0.3, 0.4) is 0 Å². The zero-order chi connectivity index (χ0) is 18.4. The average Bonchev–Trinajstić information content (AvgIpc) is 2.58. The van der Waals surface area contributed by atoms with E-state index in [2.05, 4.69) is 5.32 Å². The first-order valence-electron chi connectivity index (χ1n) is 7.28. The zero-order valence-electron chi connectivity index (χ0n) is 12.9. The number of rotatable bonds is 6. The van der Waals surface area contributed by atoms with Crippen LogP contribution in [0.1, 0.15) is 23.6 Å². The highest BCUT2D eigenvalue weighted by molar-refractivity contribution is 5.77. The third kappa shape index (κ3) is 4.81. The summed E-state index contributed by atoms with van der Waals surface area (Å²) < 4.78 is 26.6. The van der Waals surface area contributed by atoms with E-state index in [1.165, 1.54) is 18.2 Å². The molecule has 0 bridgehead atoms. The van der Waals surface area contributed by atoms with Crippen molar-refractivity contribution in [3.8, 4) is 6.07 Å². The quantitative estimate of drug-likeness (QED) is 0.642. The van der Waals surface area contributed by atoms with E-state index in [0.29, 0.717) is 11.6 Å². The van der Waals surface area contributed by atoms with E-state index in [-0.39, 0.29) is 24.1 Å². The molecule has 2 rings (SSSR count). The maximum absolute atomic E-state index is 13.7. The fraction of sp³-hybridized carbons (Fsp3) is 0.176. The monoisotopic (exact) mass is 345 g/mol. The number of hydrogen-bond acceptors (Lipinski definition) is 4. The molecule has 0 heterocycles. The molecule has 1 atom stereocenters. The lowest BCUT2D eigenvalue weighted by atomic mass is 10.1. The van der Waals surface area contributed by atoms with Crippen LogP contribution >= 0.6 is 0 Å². The summed E-state index contributed by atoms with van der Waals surface area (Å²) in [5.41, 5.74) is 0.375. The smallest absolute Gasteiger partial charge is 0.269 e. The van der Waals surface area contributed by atoms with Crippen LogP contribution in [-0.2, 0) is 11.2 Å². The van der Waals surface area contributed by atoms with Crippen molar-refractivity contribution in [1.29, 1.82) is 5.26 Å². The van der Waals surface area contributed by atoms with E-state index in [4.69, 9.17) is 5.26 Å². The first-order valence-corrected chi connectivity index (χ1v) is 7.28. The Kier molecular flexibility index (Phi) is 5.74. The van der Waals surface area contributed by atoms with Gasteiger partial charge in [0, 0.05) is 30.2 Å². The second-order valence-electron chi connectivity index (χ2n) is 5.22. The van der Waals surface area contributed by atoms with Crippen LogP contribution in [0, 0.1) is 33.1 Å². The number of aryl methyl sites for hydroxylation is 1. The summed E-state index contributed by atoms with van der Waals surface area (Å²) >= 11 is 0. The Hall–Kier alpha value is -3.34. The summed E-state index contributed by atoms with van der Waals surface area (Å²) in [6, 6.07) is 9.07. The number of non-ortho nitro benzene ring substituents is 1. The molecule has 1 N–H and O–H groups in total. The number of nitrogens with one attached hydrogen (secondary N) is 1. The normalized spacial score (nSPS) is 11.4. The summed E-state index contributed by atoms with van der Waals surface area (Å²) in [7, 11) is 0. The molecule has 2 aromatic carbocycles. The summed E-state index contributed by atoms with van der Waals surface area (Å²) in [6.45, 7) is 0. The number of hydrogen-bond donors (Lipinski definition) is 1. The second kappa shape index (κ2) is 7.97. The lowest BCUT2D eigenvalue weighted by molar-refractivity contribution is -0.384. The fourth-order valence-electron chi connectivity index (χ4n) is 2.23. The van der Waals surface area contributed by atoms with Crippen molar-refractivity contribution in [3.05, 3.63) is 75.3 Å². The van der Waals surface area contributed by atoms with Crippen molar-refractivity contribution >= 4 is 11.6 Å². The molecule has 2 aromatic rings. The molecule has 0 spiro atoms. The van der Waals surface area contributed by atoms with Crippen molar-refractivity contribution in [2.75, 3.05) is 0 Å². The maximum Gasteiger partial charge on any atom is 0.269 e. The summed E-state index contributed by atoms with van der Waals surface area (Å²) in [6.07, 6.45) is 0.180. The average molecular weight is 345 g/mol. The highest BCUT2D eigenvalue weighted by atomic mass is 19.1. The van der Waals surface area contributed by atoms with Gasteiger partial charge >= 0.3 is 0 Å². The zero-order valence-corrected chi connectivity index (χ0v) is 12.9. The van der Waals surface area contributed by atoms with Gasteiger partial charge < -0.3 is 5.32 Å². The van der Waals surface area contributed by atoms with E-state index in [1.54, 1.807) is 12.1 Å². The minimum absolute atomic E-state index is 0.0395. The van der Waals surface area contributed by atoms with Crippen LogP contribution in [0.5, 0.6) is 0 Å². The van der Waals surface area contributed by atoms with E-state index in [1.807, 2.05) is 0 Å². The molecule has 1 amide bonds. The second-order valence-corrected chi connectivity index (χ2v) is 5.22. The van der Waals surface area contributed by atoms with E-state index >= 15 is 0 Å². The third-order valence-electron chi connectivity index (χ3n) is 3.47. The number of halogens is 2. The number of nitriles is 1. The van der Waals surface area contributed by atoms with Gasteiger partial charge in [-0.05, 0) is 18.1 Å². The molecular weight excluding hydrogens is 332 g/mol. The molecule has 0 aliphatic carbocycles. The number of carbonyl (C=O) groups is 1. The molecule has 1 unspecified atom stereocenters. The van der Waals surface area contributed by atoms with Gasteiger partial charge in [0.2, 0.25) is 5.91 Å². The minimum Gasteiger partial charge on any atom is -0.337 e. The predicted molar refractivity (Wildman–Crippen MR) is 84.3 cm³/mol. The Morgan fingerprint density at radius 1 is 1.28 bits per heavy atom. The lowest BCUT2D eigenvalue weighted by Gasteiger charge is -2.13. The molecular formula is C17H13F2N3O3. The fourth-order valence-corrected chi connectivity index (χ4v) is 2.23. The predicted octanol–water partition coefficient (Wildman–Crippen LogP) is 3.19. The molecule has 25 heavy (non-hydrogen) atoms. The maximum atomic E-state index is 13.7. The number of carbonyl (C=O) groups excluding carboxylic acids is 1.